The fourth-order valence-corrected chi connectivity index (χ4v) is 4.85. The Bertz CT molecular complexity index is 1140. The van der Waals surface area contributed by atoms with Gasteiger partial charge in [0, 0.05) is 24.5 Å². The van der Waals surface area contributed by atoms with E-state index >= 15 is 0 Å². The number of carbonyl (C=O) groups excluding carboxylic acids is 1. The number of carbonyl (C=O) groups is 1. The van der Waals surface area contributed by atoms with Crippen molar-refractivity contribution in [2.45, 2.75) is 52.3 Å². The molecule has 0 bridgehead atoms. The number of nitrogens with two attached hydrogens (primary N) is 1. The smallest absolute Gasteiger partial charge is 0.275 e. The average molecular weight is 464 g/mol. The second-order valence-electron chi connectivity index (χ2n) is 7.91. The molecule has 1 amide bonds. The lowest BCUT2D eigenvalue weighted by atomic mass is 10.1. The molecule has 1 fully saturated rings. The highest BCUT2D eigenvalue weighted by atomic mass is 32.2. The molecule has 11 heteroatoms. The summed E-state index contributed by atoms with van der Waals surface area (Å²) in [4.78, 5) is 29.5. The summed E-state index contributed by atoms with van der Waals surface area (Å²) in [7, 11) is -3.78. The van der Waals surface area contributed by atoms with Gasteiger partial charge in [0.25, 0.3) is 5.56 Å². The highest BCUT2D eigenvalue weighted by Gasteiger charge is 2.23. The Hall–Kier alpha value is -2.92. The first-order valence-corrected chi connectivity index (χ1v) is 12.1. The summed E-state index contributed by atoms with van der Waals surface area (Å²) >= 11 is 0. The number of aryl methyl sites for hydroxylation is 2. The molecule has 174 valence electrons. The van der Waals surface area contributed by atoms with Crippen LogP contribution in [-0.4, -0.2) is 42.3 Å². The van der Waals surface area contributed by atoms with Gasteiger partial charge >= 0.3 is 0 Å². The maximum atomic E-state index is 12.9. The predicted molar refractivity (Wildman–Crippen MR) is 122 cm³/mol. The summed E-state index contributed by atoms with van der Waals surface area (Å²) in [6.45, 7) is 4.00. The minimum atomic E-state index is -3.78. The van der Waals surface area contributed by atoms with Crippen molar-refractivity contribution in [1.29, 1.82) is 0 Å². The fourth-order valence-electron chi connectivity index (χ4n) is 3.53. The molecule has 1 atom stereocenters. The zero-order valence-electron chi connectivity index (χ0n) is 18.3. The molecule has 0 saturated carbocycles. The first-order chi connectivity index (χ1) is 15.1. The molecule has 1 saturated heterocycles. The van der Waals surface area contributed by atoms with E-state index in [9.17, 15) is 18.0 Å². The molecule has 0 radical (unpaired) electrons. The number of ether oxygens (including phenoxy) is 1. The van der Waals surface area contributed by atoms with Gasteiger partial charge in [-0.05, 0) is 56.9 Å². The molecule has 1 aliphatic heterocycles. The number of anilines is 2. The van der Waals surface area contributed by atoms with E-state index in [0.717, 1.165) is 18.4 Å². The number of aromatic nitrogens is 2. The summed E-state index contributed by atoms with van der Waals surface area (Å²) < 4.78 is 34.1. The number of amides is 1. The summed E-state index contributed by atoms with van der Waals surface area (Å²) in [6, 6.07) is 6.43. The van der Waals surface area contributed by atoms with E-state index in [2.05, 4.69) is 15.0 Å². The zero-order valence-corrected chi connectivity index (χ0v) is 19.1. The topological polar surface area (TPSA) is 145 Å². The largest absolute Gasteiger partial charge is 0.384 e. The normalized spacial score (nSPS) is 16.5. The van der Waals surface area contributed by atoms with Gasteiger partial charge in [-0.2, -0.15) is 0 Å². The van der Waals surface area contributed by atoms with E-state index in [1.165, 1.54) is 10.6 Å². The Morgan fingerprint density at radius 2 is 2.03 bits per heavy atom. The van der Waals surface area contributed by atoms with Gasteiger partial charge in [0.2, 0.25) is 15.9 Å². The van der Waals surface area contributed by atoms with E-state index in [0.29, 0.717) is 30.2 Å². The van der Waals surface area contributed by atoms with Crippen LogP contribution in [-0.2, 0) is 32.6 Å². The Morgan fingerprint density at radius 1 is 1.25 bits per heavy atom. The van der Waals surface area contributed by atoms with Gasteiger partial charge in [-0.3, -0.25) is 14.3 Å². The van der Waals surface area contributed by atoms with Crippen LogP contribution in [0.3, 0.4) is 0 Å². The minimum Gasteiger partial charge on any atom is -0.384 e. The van der Waals surface area contributed by atoms with Gasteiger partial charge in [-0.15, -0.1) is 0 Å². The molecule has 32 heavy (non-hydrogen) atoms. The Kier molecular flexibility index (Phi) is 7.52. The van der Waals surface area contributed by atoms with Crippen LogP contribution < -0.4 is 21.3 Å². The van der Waals surface area contributed by atoms with Gasteiger partial charge < -0.3 is 20.4 Å². The van der Waals surface area contributed by atoms with Gasteiger partial charge in [-0.25, -0.2) is 13.4 Å². The summed E-state index contributed by atoms with van der Waals surface area (Å²) in [6.07, 6.45) is 2.12. The van der Waals surface area contributed by atoms with Gasteiger partial charge in [0.15, 0.2) is 0 Å². The maximum absolute atomic E-state index is 12.9. The standard InChI is InChI=1S/C21H29N5O5S/c1-14-6-8-18(25-32(29,30)13-17-5-3-4-10-31-17)21(28)26(14)12-20(27)23-11-16-7-9-19(22)24-15(16)2/h6-9,17,25H,3-5,10-13H2,1-2H3,(H2,22,24)(H,23,27). The third kappa shape index (κ3) is 6.30. The number of nitrogens with one attached hydrogen (secondary N) is 2. The number of hydrogen-bond acceptors (Lipinski definition) is 7. The van der Waals surface area contributed by atoms with Gasteiger partial charge in [0.05, 0.1) is 11.9 Å². The van der Waals surface area contributed by atoms with Crippen LogP contribution in [0, 0.1) is 13.8 Å². The van der Waals surface area contributed by atoms with Crippen molar-refractivity contribution >= 4 is 27.4 Å². The molecular formula is C21H29N5O5S. The quantitative estimate of drug-likeness (QED) is 0.531. The second-order valence-corrected chi connectivity index (χ2v) is 9.68. The molecule has 0 spiro atoms. The molecule has 3 rings (SSSR count). The van der Waals surface area contributed by atoms with Crippen LogP contribution in [0.5, 0.6) is 0 Å². The van der Waals surface area contributed by atoms with Gasteiger partial charge in [0.1, 0.15) is 18.1 Å². The van der Waals surface area contributed by atoms with Crippen LogP contribution in [0.4, 0.5) is 11.5 Å². The van der Waals surface area contributed by atoms with Crippen molar-refractivity contribution in [2.75, 3.05) is 22.8 Å². The second kappa shape index (κ2) is 10.1. The van der Waals surface area contributed by atoms with E-state index in [4.69, 9.17) is 10.5 Å². The van der Waals surface area contributed by atoms with E-state index in [-0.39, 0.29) is 36.5 Å². The zero-order chi connectivity index (χ0) is 23.3. The van der Waals surface area contributed by atoms with E-state index in [1.54, 1.807) is 32.0 Å². The van der Waals surface area contributed by atoms with Crippen molar-refractivity contribution in [3.8, 4) is 0 Å². The first kappa shape index (κ1) is 23.7. The van der Waals surface area contributed by atoms with Crippen molar-refractivity contribution in [3.63, 3.8) is 0 Å². The SMILES string of the molecule is Cc1nc(N)ccc1CNC(=O)Cn1c(C)ccc(NS(=O)(=O)CC2CCCCO2)c1=O. The van der Waals surface area contributed by atoms with Crippen molar-refractivity contribution < 1.29 is 17.9 Å². The highest BCUT2D eigenvalue weighted by Crippen LogP contribution is 2.16. The number of pyridine rings is 2. The number of rotatable bonds is 8. The molecule has 3 heterocycles. The molecular weight excluding hydrogens is 434 g/mol. The third-order valence-electron chi connectivity index (χ3n) is 5.33. The summed E-state index contributed by atoms with van der Waals surface area (Å²) in [5.41, 5.74) is 7.00. The molecule has 1 unspecified atom stereocenters. The van der Waals surface area contributed by atoms with Crippen LogP contribution >= 0.6 is 0 Å². The van der Waals surface area contributed by atoms with Crippen molar-refractivity contribution in [3.05, 3.63) is 51.6 Å². The van der Waals surface area contributed by atoms with Crippen LogP contribution in [0.15, 0.2) is 29.1 Å². The molecule has 2 aromatic rings. The van der Waals surface area contributed by atoms with Crippen molar-refractivity contribution in [2.24, 2.45) is 0 Å². The number of hydrogen-bond donors (Lipinski definition) is 3. The molecule has 0 aromatic carbocycles. The number of nitrogen functional groups attached to an aromatic ring is 1. The minimum absolute atomic E-state index is 0.0993. The summed E-state index contributed by atoms with van der Waals surface area (Å²) in [5, 5.41) is 2.75. The first-order valence-electron chi connectivity index (χ1n) is 10.5. The number of sulfonamides is 1. The maximum Gasteiger partial charge on any atom is 0.275 e. The lowest BCUT2D eigenvalue weighted by molar-refractivity contribution is -0.121. The molecule has 2 aromatic heterocycles. The molecule has 1 aliphatic rings. The van der Waals surface area contributed by atoms with Crippen molar-refractivity contribution in [1.82, 2.24) is 14.9 Å². The molecule has 10 nitrogen and oxygen atoms in total. The molecule has 0 aliphatic carbocycles. The van der Waals surface area contributed by atoms with E-state index < -0.39 is 15.6 Å². The lowest BCUT2D eigenvalue weighted by Crippen LogP contribution is -2.36. The highest BCUT2D eigenvalue weighted by molar-refractivity contribution is 7.92. The van der Waals surface area contributed by atoms with Gasteiger partial charge in [-0.1, -0.05) is 6.07 Å². The predicted octanol–water partition coefficient (Wildman–Crippen LogP) is 1.07. The fraction of sp³-hybridized carbons (Fsp3) is 0.476. The van der Waals surface area contributed by atoms with Crippen LogP contribution in [0.25, 0.3) is 0 Å². The Balaban J connectivity index is 1.67. The van der Waals surface area contributed by atoms with Crippen LogP contribution in [0.2, 0.25) is 0 Å². The van der Waals surface area contributed by atoms with Crippen LogP contribution in [0.1, 0.15) is 36.2 Å². The van der Waals surface area contributed by atoms with E-state index in [1.807, 2.05) is 0 Å². The third-order valence-corrected chi connectivity index (χ3v) is 6.67. The Labute approximate surface area is 187 Å². The lowest BCUT2D eigenvalue weighted by Gasteiger charge is -2.22. The monoisotopic (exact) mass is 463 g/mol. The number of nitrogens with zero attached hydrogens (tertiary/aromatic N) is 2. The Morgan fingerprint density at radius 3 is 2.72 bits per heavy atom. The molecule has 4 N–H and O–H groups in total. The average Bonchev–Trinajstić information content (AvgIpc) is 2.73. The summed E-state index contributed by atoms with van der Waals surface area (Å²) in [5.74, 6) is -0.202.